The van der Waals surface area contributed by atoms with E-state index in [4.69, 9.17) is 0 Å². The summed E-state index contributed by atoms with van der Waals surface area (Å²) in [5.41, 5.74) is 0. The van der Waals surface area contributed by atoms with Crippen molar-refractivity contribution in [2.24, 2.45) is 0 Å². The summed E-state index contributed by atoms with van der Waals surface area (Å²) in [4.78, 5) is 27.1. The number of amides is 1. The van der Waals surface area contributed by atoms with Gasteiger partial charge in [-0.2, -0.15) is 4.98 Å². The molecule has 23 heavy (non-hydrogen) atoms. The molecule has 1 aromatic rings. The molecule has 4 rings (SSSR count). The molecule has 3 saturated heterocycles. The van der Waals surface area contributed by atoms with Gasteiger partial charge in [0.1, 0.15) is 6.04 Å². The van der Waals surface area contributed by atoms with Crippen LogP contribution >= 0.6 is 0 Å². The highest BCUT2D eigenvalue weighted by atomic mass is 19.1. The smallest absolute Gasteiger partial charge is 0.245 e. The molecule has 124 valence electrons. The molecular formula is C16H22FN5O. The lowest BCUT2D eigenvalue weighted by Crippen LogP contribution is -2.59. The maximum absolute atomic E-state index is 14.1. The van der Waals surface area contributed by atoms with Gasteiger partial charge in [-0.25, -0.2) is 9.37 Å². The van der Waals surface area contributed by atoms with Crippen LogP contribution in [0.2, 0.25) is 0 Å². The van der Waals surface area contributed by atoms with Crippen molar-refractivity contribution in [1.29, 1.82) is 0 Å². The van der Waals surface area contributed by atoms with Gasteiger partial charge >= 0.3 is 0 Å². The van der Waals surface area contributed by atoms with Gasteiger partial charge < -0.3 is 14.7 Å². The first kappa shape index (κ1) is 14.7. The summed E-state index contributed by atoms with van der Waals surface area (Å²) in [5.74, 6) is 0.602. The van der Waals surface area contributed by atoms with Crippen LogP contribution in [-0.2, 0) is 4.79 Å². The molecule has 0 unspecified atom stereocenters. The first-order chi connectivity index (χ1) is 11.1. The highest BCUT2D eigenvalue weighted by Gasteiger charge is 2.41. The monoisotopic (exact) mass is 319 g/mol. The van der Waals surface area contributed by atoms with Gasteiger partial charge in [0.2, 0.25) is 11.9 Å². The topological polar surface area (TPSA) is 52.6 Å². The average Bonchev–Trinajstić information content (AvgIpc) is 3.23. The Labute approximate surface area is 135 Å². The highest BCUT2D eigenvalue weighted by molar-refractivity contribution is 5.86. The lowest BCUT2D eigenvalue weighted by atomic mass is 10.1. The molecule has 4 heterocycles. The fourth-order valence-corrected chi connectivity index (χ4v) is 3.97. The Morgan fingerprint density at radius 2 is 1.96 bits per heavy atom. The molecule has 6 nitrogen and oxygen atoms in total. The Balaban J connectivity index is 1.64. The van der Waals surface area contributed by atoms with Crippen LogP contribution in [0.4, 0.5) is 16.2 Å². The van der Waals surface area contributed by atoms with E-state index in [9.17, 15) is 9.18 Å². The Morgan fingerprint density at radius 3 is 2.74 bits per heavy atom. The van der Waals surface area contributed by atoms with Crippen LogP contribution in [0.1, 0.15) is 32.6 Å². The fourth-order valence-electron chi connectivity index (χ4n) is 3.97. The van der Waals surface area contributed by atoms with Gasteiger partial charge in [0.25, 0.3) is 0 Å². The molecule has 0 radical (unpaired) electrons. The second kappa shape index (κ2) is 5.62. The normalized spacial score (nSPS) is 27.7. The number of nitrogens with zero attached hydrogens (tertiary/aromatic N) is 5. The van der Waals surface area contributed by atoms with E-state index in [1.54, 1.807) is 0 Å². The Morgan fingerprint density at radius 1 is 1.17 bits per heavy atom. The van der Waals surface area contributed by atoms with Crippen molar-refractivity contribution in [3.8, 4) is 0 Å². The zero-order valence-corrected chi connectivity index (χ0v) is 13.4. The Bertz CT molecular complexity index is 618. The summed E-state index contributed by atoms with van der Waals surface area (Å²) < 4.78 is 14.1. The van der Waals surface area contributed by atoms with Crippen molar-refractivity contribution in [3.05, 3.63) is 12.0 Å². The van der Waals surface area contributed by atoms with E-state index in [-0.39, 0.29) is 23.8 Å². The van der Waals surface area contributed by atoms with Gasteiger partial charge in [-0.15, -0.1) is 0 Å². The third kappa shape index (κ3) is 2.42. The number of aromatic nitrogens is 2. The molecule has 2 atom stereocenters. The number of fused-ring (bicyclic) bond motifs is 1. The molecule has 1 amide bonds. The van der Waals surface area contributed by atoms with Crippen LogP contribution in [0.5, 0.6) is 0 Å². The molecule has 0 bridgehead atoms. The van der Waals surface area contributed by atoms with Crippen molar-refractivity contribution >= 4 is 17.7 Å². The predicted octanol–water partition coefficient (Wildman–Crippen LogP) is 1.42. The van der Waals surface area contributed by atoms with Crippen LogP contribution < -0.4 is 9.80 Å². The van der Waals surface area contributed by atoms with Crippen LogP contribution in [0.15, 0.2) is 6.20 Å². The molecule has 0 N–H and O–H groups in total. The van der Waals surface area contributed by atoms with Crippen LogP contribution in [0.3, 0.4) is 0 Å². The molecule has 3 aliphatic heterocycles. The van der Waals surface area contributed by atoms with Crippen molar-refractivity contribution in [3.63, 3.8) is 0 Å². The van der Waals surface area contributed by atoms with Crippen LogP contribution in [0.25, 0.3) is 0 Å². The second-order valence-electron chi connectivity index (χ2n) is 6.69. The largest absolute Gasteiger partial charge is 0.354 e. The molecule has 7 heteroatoms. The minimum atomic E-state index is -0.380. The van der Waals surface area contributed by atoms with Gasteiger partial charge in [-0.05, 0) is 32.6 Å². The van der Waals surface area contributed by atoms with Crippen LogP contribution in [0, 0.1) is 5.82 Å². The number of piperazine rings is 1. The SMILES string of the molecule is C[C@H]1C(=O)N2CCC[C@@H]2CN1c1ncc(F)c(N2CCCC2)n1. The Kier molecular flexibility index (Phi) is 3.58. The maximum atomic E-state index is 14.1. The van der Waals surface area contributed by atoms with E-state index < -0.39 is 0 Å². The molecule has 0 saturated carbocycles. The van der Waals surface area contributed by atoms with E-state index in [0.717, 1.165) is 51.9 Å². The lowest BCUT2D eigenvalue weighted by Gasteiger charge is -2.41. The van der Waals surface area contributed by atoms with E-state index in [0.29, 0.717) is 11.8 Å². The number of rotatable bonds is 2. The van der Waals surface area contributed by atoms with E-state index in [1.807, 2.05) is 21.6 Å². The first-order valence-electron chi connectivity index (χ1n) is 8.50. The molecule has 3 fully saturated rings. The first-order valence-corrected chi connectivity index (χ1v) is 8.50. The zero-order chi connectivity index (χ0) is 16.0. The molecule has 1 aromatic heterocycles. The van der Waals surface area contributed by atoms with Crippen molar-refractivity contribution in [2.75, 3.05) is 36.0 Å². The van der Waals surface area contributed by atoms with Crippen LogP contribution in [-0.4, -0.2) is 59.0 Å². The summed E-state index contributed by atoms with van der Waals surface area (Å²) in [5, 5.41) is 0. The third-order valence-corrected chi connectivity index (χ3v) is 5.27. The van der Waals surface area contributed by atoms with Gasteiger partial charge in [0, 0.05) is 32.2 Å². The standard InChI is InChI=1S/C16H22FN5O/c1-11-15(23)21-8-4-5-12(21)10-22(11)16-18-9-13(17)14(19-16)20-6-2-3-7-20/h9,11-12H,2-8,10H2,1H3/t11-,12+/m0/s1. The highest BCUT2D eigenvalue weighted by Crippen LogP contribution is 2.29. The van der Waals surface area contributed by atoms with E-state index in [2.05, 4.69) is 9.97 Å². The molecule has 3 aliphatic rings. The summed E-state index contributed by atoms with van der Waals surface area (Å²) in [7, 11) is 0. The minimum Gasteiger partial charge on any atom is -0.354 e. The molecule has 0 aromatic carbocycles. The summed E-state index contributed by atoms with van der Waals surface area (Å²) in [6, 6.07) is -0.0520. The fraction of sp³-hybridized carbons (Fsp3) is 0.688. The van der Waals surface area contributed by atoms with Gasteiger partial charge in [-0.1, -0.05) is 0 Å². The predicted molar refractivity (Wildman–Crippen MR) is 85.0 cm³/mol. The van der Waals surface area contributed by atoms with Crippen molar-refractivity contribution < 1.29 is 9.18 Å². The van der Waals surface area contributed by atoms with E-state index in [1.165, 1.54) is 6.20 Å². The Hall–Kier alpha value is -1.92. The summed E-state index contributed by atoms with van der Waals surface area (Å²) >= 11 is 0. The quantitative estimate of drug-likeness (QED) is 0.825. The molecular weight excluding hydrogens is 297 g/mol. The number of anilines is 2. The van der Waals surface area contributed by atoms with Crippen molar-refractivity contribution in [2.45, 2.75) is 44.7 Å². The number of carbonyl (C=O) groups is 1. The summed E-state index contributed by atoms with van der Waals surface area (Å²) in [6.07, 6.45) is 5.45. The third-order valence-electron chi connectivity index (χ3n) is 5.27. The number of hydrogen-bond donors (Lipinski definition) is 0. The average molecular weight is 319 g/mol. The van der Waals surface area contributed by atoms with E-state index >= 15 is 0 Å². The number of carbonyl (C=O) groups excluding carboxylic acids is 1. The van der Waals surface area contributed by atoms with Gasteiger partial charge in [0.05, 0.1) is 6.20 Å². The number of hydrogen-bond acceptors (Lipinski definition) is 5. The number of halogens is 1. The maximum Gasteiger partial charge on any atom is 0.245 e. The second-order valence-corrected chi connectivity index (χ2v) is 6.69. The molecule has 0 spiro atoms. The minimum absolute atomic E-state index is 0.134. The molecule has 0 aliphatic carbocycles. The summed E-state index contributed by atoms with van der Waals surface area (Å²) in [6.45, 7) is 5.14. The zero-order valence-electron chi connectivity index (χ0n) is 13.4. The van der Waals surface area contributed by atoms with Gasteiger partial charge in [0.15, 0.2) is 11.6 Å². The lowest BCUT2D eigenvalue weighted by molar-refractivity contribution is -0.134. The van der Waals surface area contributed by atoms with Gasteiger partial charge in [-0.3, -0.25) is 4.79 Å². The van der Waals surface area contributed by atoms with Crippen molar-refractivity contribution in [1.82, 2.24) is 14.9 Å².